The Kier molecular flexibility index (Phi) is 10.2. The fraction of sp³-hybridized carbons (Fsp3) is 0.438. The number of thiocarbonyl (C=S) groups is 1. The summed E-state index contributed by atoms with van der Waals surface area (Å²) in [5.74, 6) is -4.10. The number of benzene rings is 1. The number of carbonyl (C=O) groups is 5. The first kappa shape index (κ1) is 35.6. The van der Waals surface area contributed by atoms with Crippen LogP contribution in [0.4, 0.5) is 17.5 Å². The van der Waals surface area contributed by atoms with Gasteiger partial charge in [-0.25, -0.2) is 9.59 Å². The predicted octanol–water partition coefficient (Wildman–Crippen LogP) is 4.54. The predicted molar refractivity (Wildman–Crippen MR) is 181 cm³/mol. The van der Waals surface area contributed by atoms with E-state index in [0.717, 1.165) is 21.6 Å². The van der Waals surface area contributed by atoms with Crippen LogP contribution >= 0.6 is 24.0 Å². The van der Waals surface area contributed by atoms with E-state index in [9.17, 15) is 29.1 Å². The normalized spacial score (nSPS) is 16.5. The molecule has 1 fully saturated rings. The zero-order valence-electron chi connectivity index (χ0n) is 27.5. The highest BCUT2D eigenvalue weighted by Gasteiger charge is 2.45. The van der Waals surface area contributed by atoms with Crippen LogP contribution in [0, 0.1) is 0 Å². The van der Waals surface area contributed by atoms with Crippen molar-refractivity contribution >= 4 is 81.0 Å². The molecule has 1 saturated heterocycles. The van der Waals surface area contributed by atoms with Crippen molar-refractivity contribution in [3.63, 3.8) is 0 Å². The molecule has 0 spiro atoms. The Labute approximate surface area is 282 Å². The molecule has 2 aliphatic heterocycles. The summed E-state index contributed by atoms with van der Waals surface area (Å²) in [5, 5.41) is 12.9. The highest BCUT2D eigenvalue weighted by Crippen LogP contribution is 2.45. The van der Waals surface area contributed by atoms with Crippen LogP contribution in [0.5, 0.6) is 0 Å². The molecule has 0 bridgehead atoms. The lowest BCUT2D eigenvalue weighted by atomic mass is 10.0. The summed E-state index contributed by atoms with van der Waals surface area (Å²) in [6, 6.07) is 6.73. The second kappa shape index (κ2) is 13.5. The maximum absolute atomic E-state index is 14.3. The third kappa shape index (κ3) is 6.92. The molecule has 1 aromatic heterocycles. The molecule has 0 radical (unpaired) electrons. The molecule has 0 unspecified atom stereocenters. The molecular weight excluding hydrogens is 649 g/mol. The Balaban J connectivity index is 1.81. The number of esters is 2. The first-order valence-electron chi connectivity index (χ1n) is 14.9. The van der Waals surface area contributed by atoms with Crippen molar-refractivity contribution in [2.75, 3.05) is 41.6 Å². The van der Waals surface area contributed by atoms with E-state index in [-0.39, 0.29) is 50.9 Å². The topological polar surface area (TPSA) is 159 Å². The maximum atomic E-state index is 14.3. The van der Waals surface area contributed by atoms with Gasteiger partial charge < -0.3 is 24.3 Å². The minimum Gasteiger partial charge on any atom is -0.462 e. The van der Waals surface area contributed by atoms with Crippen LogP contribution in [0.3, 0.4) is 0 Å². The van der Waals surface area contributed by atoms with Gasteiger partial charge in [0.15, 0.2) is 0 Å². The molecule has 47 heavy (non-hydrogen) atoms. The average molecular weight is 687 g/mol. The van der Waals surface area contributed by atoms with Gasteiger partial charge in [0.05, 0.1) is 29.4 Å². The number of rotatable bonds is 9. The monoisotopic (exact) mass is 686 g/mol. The molecule has 0 atom stereocenters. The van der Waals surface area contributed by atoms with E-state index >= 15 is 0 Å². The molecule has 3 amide bonds. The number of nitrogens with one attached hydrogen (secondary N) is 1. The van der Waals surface area contributed by atoms with Crippen molar-refractivity contribution in [1.29, 1.82) is 0 Å². The number of hydrogen-bond donors (Lipinski definition) is 2. The van der Waals surface area contributed by atoms with Crippen LogP contribution in [0.15, 0.2) is 33.6 Å². The van der Waals surface area contributed by atoms with E-state index < -0.39 is 54.0 Å². The number of amides is 3. The van der Waals surface area contributed by atoms with Gasteiger partial charge in [0.2, 0.25) is 17.7 Å². The van der Waals surface area contributed by atoms with Gasteiger partial charge in [-0.1, -0.05) is 42.2 Å². The number of fused-ring (bicyclic) bond motifs is 1. The van der Waals surface area contributed by atoms with Gasteiger partial charge in [-0.2, -0.15) is 0 Å². The summed E-state index contributed by atoms with van der Waals surface area (Å²) in [5.41, 5.74) is -1.30. The highest BCUT2D eigenvalue weighted by molar-refractivity contribution is 8.26. The Morgan fingerprint density at radius 3 is 2.11 bits per heavy atom. The summed E-state index contributed by atoms with van der Waals surface area (Å²) < 4.78 is 16.7. The first-order valence-corrected chi connectivity index (χ1v) is 16.1. The summed E-state index contributed by atoms with van der Waals surface area (Å²) in [6.45, 7) is 12.5. The Bertz CT molecular complexity index is 1680. The number of carbonyl (C=O) groups excluding carboxylic acids is 5. The molecule has 4 rings (SSSR count). The molecule has 2 N–H and O–H groups in total. The molecule has 1 aromatic carbocycles. The Morgan fingerprint density at radius 2 is 1.55 bits per heavy atom. The lowest BCUT2D eigenvalue weighted by molar-refractivity contribution is -0.128. The van der Waals surface area contributed by atoms with Gasteiger partial charge in [0.25, 0.3) is 11.8 Å². The van der Waals surface area contributed by atoms with Crippen LogP contribution in [-0.4, -0.2) is 81.6 Å². The number of aliphatic hydroxyl groups is 1. The van der Waals surface area contributed by atoms with E-state index in [1.165, 1.54) is 4.90 Å². The van der Waals surface area contributed by atoms with Crippen LogP contribution in [0.1, 0.15) is 81.7 Å². The van der Waals surface area contributed by atoms with Gasteiger partial charge >= 0.3 is 11.9 Å². The highest BCUT2D eigenvalue weighted by atomic mass is 32.2. The van der Waals surface area contributed by atoms with Crippen LogP contribution in [0.25, 0.3) is 5.57 Å². The van der Waals surface area contributed by atoms with Gasteiger partial charge in [-0.3, -0.25) is 29.1 Å². The minimum atomic E-state index is -1.07. The fourth-order valence-electron chi connectivity index (χ4n) is 5.12. The zero-order chi connectivity index (χ0) is 35.0. The quantitative estimate of drug-likeness (QED) is 0.216. The van der Waals surface area contributed by atoms with Crippen molar-refractivity contribution in [2.24, 2.45) is 0 Å². The number of thioether (sulfide) groups is 1. The fourth-order valence-corrected chi connectivity index (χ4v) is 6.45. The van der Waals surface area contributed by atoms with Gasteiger partial charge in [0, 0.05) is 16.6 Å². The van der Waals surface area contributed by atoms with E-state index in [1.807, 2.05) is 20.8 Å². The smallest absolute Gasteiger partial charge is 0.344 e. The lowest BCUT2D eigenvalue weighted by Crippen LogP contribution is -2.51. The summed E-state index contributed by atoms with van der Waals surface area (Å²) in [6.07, 6.45) is 0. The standard InChI is InChI=1S/C32H38N4O9S2/c1-9-43-28(41)21-22(29(42)44-10-2)27(45-24(21)33-31(3,4)5)36(32(6,7)8)19(38)15-34-26(40)23(47-30(34)46)20-17-13-11-12-14-18(17)35(16-37)25(20)39/h11-14,33,37H,9-10,15-16H2,1-8H3/b23-20-. The number of hydrogen-bond acceptors (Lipinski definition) is 12. The van der Waals surface area contributed by atoms with Crippen molar-refractivity contribution < 1.29 is 43.0 Å². The first-order chi connectivity index (χ1) is 22.0. The molecule has 252 valence electrons. The third-order valence-electron chi connectivity index (χ3n) is 6.89. The second-order valence-electron chi connectivity index (χ2n) is 12.6. The number of anilines is 3. The summed E-state index contributed by atoms with van der Waals surface area (Å²) in [4.78, 5) is 71.5. The molecule has 0 aliphatic carbocycles. The van der Waals surface area contributed by atoms with E-state index in [4.69, 9.17) is 26.1 Å². The van der Waals surface area contributed by atoms with Crippen molar-refractivity contribution in [3.8, 4) is 0 Å². The molecule has 2 aliphatic rings. The Morgan fingerprint density at radius 1 is 0.957 bits per heavy atom. The number of furan rings is 1. The second-order valence-corrected chi connectivity index (χ2v) is 14.2. The molecule has 15 heteroatoms. The molecule has 13 nitrogen and oxygen atoms in total. The van der Waals surface area contributed by atoms with Crippen LogP contribution in [0.2, 0.25) is 0 Å². The van der Waals surface area contributed by atoms with E-state index in [0.29, 0.717) is 11.3 Å². The van der Waals surface area contributed by atoms with Crippen molar-refractivity contribution in [1.82, 2.24) is 4.90 Å². The number of para-hydroxylation sites is 1. The summed E-state index contributed by atoms with van der Waals surface area (Å²) >= 11 is 6.38. The molecule has 3 heterocycles. The van der Waals surface area contributed by atoms with Crippen molar-refractivity contribution in [2.45, 2.75) is 66.5 Å². The van der Waals surface area contributed by atoms with Gasteiger partial charge in [0.1, 0.15) is 28.7 Å². The summed E-state index contributed by atoms with van der Waals surface area (Å²) in [7, 11) is 0. The van der Waals surface area contributed by atoms with Crippen LogP contribution < -0.4 is 15.1 Å². The van der Waals surface area contributed by atoms with Gasteiger partial charge in [-0.15, -0.1) is 0 Å². The molecular formula is C32H38N4O9S2. The van der Waals surface area contributed by atoms with Crippen LogP contribution in [-0.2, 0) is 23.9 Å². The largest absolute Gasteiger partial charge is 0.462 e. The number of nitrogens with zero attached hydrogens (tertiary/aromatic N) is 3. The zero-order valence-corrected chi connectivity index (χ0v) is 29.1. The third-order valence-corrected chi connectivity index (χ3v) is 8.34. The number of ether oxygens (including phenoxy) is 2. The minimum absolute atomic E-state index is 0.00551. The SMILES string of the molecule is CCOC(=O)c1c(NC(C)(C)C)oc(N(C(=O)CN2C(=O)/C(=C3/C(=O)N(CO)c4ccccc43)SC2=S)C(C)(C)C)c1C(=O)OCC. The van der Waals surface area contributed by atoms with Crippen molar-refractivity contribution in [3.05, 3.63) is 45.9 Å². The average Bonchev–Trinajstić information content (AvgIpc) is 3.55. The van der Waals surface area contributed by atoms with Gasteiger partial charge in [-0.05, 0) is 61.5 Å². The van der Waals surface area contributed by atoms with E-state index in [1.54, 1.807) is 58.9 Å². The molecule has 0 saturated carbocycles. The van der Waals surface area contributed by atoms with E-state index in [2.05, 4.69) is 5.32 Å². The number of aliphatic hydroxyl groups excluding tert-OH is 1. The molecule has 2 aromatic rings. The Hall–Kier alpha value is -4.21. The maximum Gasteiger partial charge on any atom is 0.344 e. The lowest BCUT2D eigenvalue weighted by Gasteiger charge is -2.35.